The van der Waals surface area contributed by atoms with Crippen molar-refractivity contribution in [2.24, 2.45) is 0 Å². The highest BCUT2D eigenvalue weighted by Crippen LogP contribution is 2.28. The predicted molar refractivity (Wildman–Crippen MR) is 119 cm³/mol. The molecule has 3 aromatic rings. The molecule has 0 saturated carbocycles. The number of ether oxygens (including phenoxy) is 3. The molecule has 0 atom stereocenters. The van der Waals surface area contributed by atoms with Gasteiger partial charge < -0.3 is 18.8 Å². The topological polar surface area (TPSA) is 83.8 Å². The molecule has 0 aliphatic carbocycles. The number of rotatable bonds is 9. The van der Waals surface area contributed by atoms with E-state index in [4.69, 9.17) is 14.2 Å². The Balaban J connectivity index is 1.63. The Hall–Kier alpha value is -3.94. The van der Waals surface area contributed by atoms with E-state index in [0.717, 1.165) is 0 Å². The first kappa shape index (κ1) is 23.7. The number of hydrogen-bond acceptors (Lipinski definition) is 6. The molecule has 0 bridgehead atoms. The maximum Gasteiger partial charge on any atom is 0.344 e. The molecule has 0 spiro atoms. The van der Waals surface area contributed by atoms with E-state index in [2.05, 4.69) is 0 Å². The first-order valence-corrected chi connectivity index (χ1v) is 10.2. The lowest BCUT2D eigenvalue weighted by molar-refractivity contribution is -0.144. The van der Waals surface area contributed by atoms with E-state index in [1.54, 1.807) is 48.7 Å². The number of aromatic nitrogens is 1. The minimum atomic E-state index is -0.746. The molecule has 2 aromatic carbocycles. The largest absolute Gasteiger partial charge is 0.493 e. The lowest BCUT2D eigenvalue weighted by Gasteiger charge is -2.12. The third-order valence-corrected chi connectivity index (χ3v) is 5.10. The SMILES string of the molecule is COc1cc(C(C)=O)ccc1OCC(=O)OCC(=O)c1cc(C)n(-c2ccccc2F)c1C. The van der Waals surface area contributed by atoms with Crippen LogP contribution in [0.2, 0.25) is 0 Å². The summed E-state index contributed by atoms with van der Waals surface area (Å²) in [7, 11) is 1.42. The molecule has 0 radical (unpaired) electrons. The molecule has 8 heteroatoms. The van der Waals surface area contributed by atoms with E-state index in [-0.39, 0.29) is 11.5 Å². The van der Waals surface area contributed by atoms with Gasteiger partial charge in [0.2, 0.25) is 5.78 Å². The summed E-state index contributed by atoms with van der Waals surface area (Å²) in [5.41, 5.74) is 2.34. The van der Waals surface area contributed by atoms with Gasteiger partial charge in [-0.25, -0.2) is 9.18 Å². The highest BCUT2D eigenvalue weighted by molar-refractivity contribution is 5.99. The first-order valence-electron chi connectivity index (χ1n) is 10.2. The van der Waals surface area contributed by atoms with Crippen molar-refractivity contribution in [3.8, 4) is 17.2 Å². The lowest BCUT2D eigenvalue weighted by atomic mass is 10.1. The van der Waals surface area contributed by atoms with Crippen molar-refractivity contribution in [2.75, 3.05) is 20.3 Å². The molecular weight excluding hydrogens is 429 g/mol. The summed E-state index contributed by atoms with van der Waals surface area (Å²) in [6, 6.07) is 12.5. The van der Waals surface area contributed by atoms with Gasteiger partial charge in [0.25, 0.3) is 0 Å². The number of methoxy groups -OCH3 is 1. The number of para-hydroxylation sites is 1. The number of halogens is 1. The molecule has 0 unspecified atom stereocenters. The number of aryl methyl sites for hydroxylation is 1. The summed E-state index contributed by atoms with van der Waals surface area (Å²) in [6.07, 6.45) is 0. The fourth-order valence-corrected chi connectivity index (χ4v) is 3.46. The summed E-state index contributed by atoms with van der Waals surface area (Å²) in [5, 5.41) is 0. The molecule has 1 aromatic heterocycles. The van der Waals surface area contributed by atoms with Crippen LogP contribution < -0.4 is 9.47 Å². The maximum atomic E-state index is 14.2. The van der Waals surface area contributed by atoms with Gasteiger partial charge in [0.05, 0.1) is 12.8 Å². The number of esters is 1. The van der Waals surface area contributed by atoms with Gasteiger partial charge in [0, 0.05) is 22.5 Å². The standard InChI is InChI=1S/C25H24FNO6/c1-15-11-19(16(2)27(15)21-8-6-5-7-20(21)26)22(29)13-33-25(30)14-32-23-10-9-18(17(3)28)12-24(23)31-4/h5-12H,13-14H2,1-4H3. The number of ketones is 2. The molecule has 0 aliphatic rings. The van der Waals surface area contributed by atoms with Gasteiger partial charge >= 0.3 is 5.97 Å². The van der Waals surface area contributed by atoms with Crippen molar-refractivity contribution in [3.05, 3.63) is 76.9 Å². The second-order valence-corrected chi connectivity index (χ2v) is 7.37. The van der Waals surface area contributed by atoms with Gasteiger partial charge in [0.1, 0.15) is 5.82 Å². The summed E-state index contributed by atoms with van der Waals surface area (Å²) >= 11 is 0. The quantitative estimate of drug-likeness (QED) is 0.356. The summed E-state index contributed by atoms with van der Waals surface area (Å²) < 4.78 is 31.5. The van der Waals surface area contributed by atoms with E-state index in [1.807, 2.05) is 0 Å². The monoisotopic (exact) mass is 453 g/mol. The van der Waals surface area contributed by atoms with Gasteiger partial charge in [-0.2, -0.15) is 0 Å². The predicted octanol–water partition coefficient (Wildman–Crippen LogP) is 4.25. The maximum absolute atomic E-state index is 14.2. The molecule has 7 nitrogen and oxygen atoms in total. The Morgan fingerprint density at radius 3 is 2.36 bits per heavy atom. The number of carbonyl (C=O) groups is 3. The van der Waals surface area contributed by atoms with Gasteiger partial charge in [-0.05, 0) is 57.2 Å². The summed E-state index contributed by atoms with van der Waals surface area (Å²) in [6.45, 7) is 3.97. The second-order valence-electron chi connectivity index (χ2n) is 7.37. The minimum absolute atomic E-state index is 0.132. The van der Waals surface area contributed by atoms with Crippen molar-refractivity contribution >= 4 is 17.5 Å². The molecule has 1 heterocycles. The third kappa shape index (κ3) is 5.28. The molecule has 0 amide bonds. The van der Waals surface area contributed by atoms with E-state index in [0.29, 0.717) is 34.0 Å². The molecule has 3 rings (SSSR count). The number of benzene rings is 2. The molecule has 33 heavy (non-hydrogen) atoms. The van der Waals surface area contributed by atoms with E-state index in [9.17, 15) is 18.8 Å². The van der Waals surface area contributed by atoms with Gasteiger partial charge in [-0.1, -0.05) is 12.1 Å². The highest BCUT2D eigenvalue weighted by Gasteiger charge is 2.20. The van der Waals surface area contributed by atoms with Crippen LogP contribution in [0, 0.1) is 19.7 Å². The van der Waals surface area contributed by atoms with Crippen LogP contribution in [0.4, 0.5) is 4.39 Å². The van der Waals surface area contributed by atoms with Crippen LogP contribution in [0.5, 0.6) is 11.5 Å². The van der Waals surface area contributed by atoms with Gasteiger partial charge in [-0.15, -0.1) is 0 Å². The van der Waals surface area contributed by atoms with E-state index in [1.165, 1.54) is 32.2 Å². The van der Waals surface area contributed by atoms with Crippen molar-refractivity contribution in [1.82, 2.24) is 4.57 Å². The zero-order valence-corrected chi connectivity index (χ0v) is 18.8. The smallest absolute Gasteiger partial charge is 0.344 e. The van der Waals surface area contributed by atoms with Crippen LogP contribution in [0.15, 0.2) is 48.5 Å². The van der Waals surface area contributed by atoms with Gasteiger partial charge in [-0.3, -0.25) is 9.59 Å². The van der Waals surface area contributed by atoms with Crippen LogP contribution in [0.3, 0.4) is 0 Å². The summed E-state index contributed by atoms with van der Waals surface area (Å²) in [4.78, 5) is 36.2. The molecule has 0 aliphatic heterocycles. The minimum Gasteiger partial charge on any atom is -0.493 e. The number of nitrogens with zero attached hydrogens (tertiary/aromatic N) is 1. The van der Waals surface area contributed by atoms with E-state index >= 15 is 0 Å². The Bertz CT molecular complexity index is 1210. The fraction of sp³-hybridized carbons (Fsp3) is 0.240. The van der Waals surface area contributed by atoms with Crippen molar-refractivity contribution in [2.45, 2.75) is 20.8 Å². The lowest BCUT2D eigenvalue weighted by Crippen LogP contribution is -2.20. The van der Waals surface area contributed by atoms with Crippen molar-refractivity contribution in [1.29, 1.82) is 0 Å². The average molecular weight is 453 g/mol. The molecular formula is C25H24FNO6. The fourth-order valence-electron chi connectivity index (χ4n) is 3.46. The zero-order valence-electron chi connectivity index (χ0n) is 18.8. The molecule has 172 valence electrons. The van der Waals surface area contributed by atoms with Crippen molar-refractivity contribution < 1.29 is 33.0 Å². The Morgan fingerprint density at radius 2 is 1.70 bits per heavy atom. The molecule has 0 N–H and O–H groups in total. The van der Waals surface area contributed by atoms with Crippen LogP contribution in [0.1, 0.15) is 39.0 Å². The Morgan fingerprint density at radius 1 is 0.970 bits per heavy atom. The third-order valence-electron chi connectivity index (χ3n) is 5.10. The van der Waals surface area contributed by atoms with Crippen LogP contribution in [-0.2, 0) is 9.53 Å². The molecule has 0 fully saturated rings. The number of carbonyl (C=O) groups excluding carboxylic acids is 3. The number of Topliss-reactive ketones (excluding diaryl/α,β-unsaturated/α-hetero) is 2. The summed E-state index contributed by atoms with van der Waals surface area (Å²) in [5.74, 6) is -1.14. The number of hydrogen-bond donors (Lipinski definition) is 0. The zero-order chi connectivity index (χ0) is 24.1. The van der Waals surface area contributed by atoms with Crippen LogP contribution in [0.25, 0.3) is 5.69 Å². The van der Waals surface area contributed by atoms with E-state index < -0.39 is 30.8 Å². The van der Waals surface area contributed by atoms with Gasteiger partial charge in [0.15, 0.2) is 30.5 Å². The first-order chi connectivity index (χ1) is 15.7. The van der Waals surface area contributed by atoms with Crippen LogP contribution >= 0.6 is 0 Å². The Labute approximate surface area is 190 Å². The normalized spacial score (nSPS) is 10.6. The van der Waals surface area contributed by atoms with Crippen LogP contribution in [-0.4, -0.2) is 42.4 Å². The molecule has 0 saturated heterocycles. The van der Waals surface area contributed by atoms with Crippen molar-refractivity contribution in [3.63, 3.8) is 0 Å². The average Bonchev–Trinajstić information content (AvgIpc) is 3.10. The second kappa shape index (κ2) is 10.1. The highest BCUT2D eigenvalue weighted by atomic mass is 19.1. The Kier molecular flexibility index (Phi) is 7.27.